The molecule has 0 saturated carbocycles. The Labute approximate surface area is 178 Å². The molecular formula is C20H18ClN3O5S. The molecule has 0 aliphatic carbocycles. The normalized spacial score (nSPS) is 12.2. The molecule has 0 fully saturated rings. The minimum atomic E-state index is -4.02. The third kappa shape index (κ3) is 5.07. The number of benzene rings is 3. The number of nitro groups is 1. The minimum absolute atomic E-state index is 0.0765. The fourth-order valence-electron chi connectivity index (χ4n) is 2.79. The molecule has 0 bridgehead atoms. The van der Waals surface area contributed by atoms with Gasteiger partial charge in [-0.05, 0) is 42.0 Å². The van der Waals surface area contributed by atoms with Crippen LogP contribution in [0.1, 0.15) is 11.6 Å². The summed E-state index contributed by atoms with van der Waals surface area (Å²) in [6, 6.07) is 17.7. The molecule has 3 N–H and O–H groups in total. The maximum absolute atomic E-state index is 12.6. The van der Waals surface area contributed by atoms with Gasteiger partial charge >= 0.3 is 0 Å². The molecule has 3 aromatic rings. The van der Waals surface area contributed by atoms with Crippen LogP contribution in [0, 0.1) is 10.1 Å². The van der Waals surface area contributed by atoms with E-state index in [9.17, 15) is 23.6 Å². The number of rotatable bonds is 8. The molecule has 3 aromatic carbocycles. The molecule has 0 saturated heterocycles. The van der Waals surface area contributed by atoms with E-state index in [0.717, 1.165) is 6.07 Å². The van der Waals surface area contributed by atoms with Gasteiger partial charge < -0.3 is 10.4 Å². The summed E-state index contributed by atoms with van der Waals surface area (Å²) in [6.45, 7) is -0.339. The van der Waals surface area contributed by atoms with Gasteiger partial charge in [-0.2, -0.15) is 0 Å². The number of para-hydroxylation sites is 1. The topological polar surface area (TPSA) is 122 Å². The summed E-state index contributed by atoms with van der Waals surface area (Å²) in [7, 11) is -4.02. The highest BCUT2D eigenvalue weighted by Gasteiger charge is 2.23. The number of aliphatic hydroxyl groups excluding tert-OH is 1. The predicted octanol–water partition coefficient (Wildman–Crippen LogP) is 4.19. The van der Waals surface area contributed by atoms with Gasteiger partial charge in [-0.3, -0.25) is 14.8 Å². The van der Waals surface area contributed by atoms with Crippen molar-refractivity contribution in [3.05, 3.63) is 93.5 Å². The molecule has 1 unspecified atom stereocenters. The highest BCUT2D eigenvalue weighted by atomic mass is 35.5. The number of hydrogen-bond acceptors (Lipinski definition) is 6. The summed E-state index contributed by atoms with van der Waals surface area (Å²) in [6.07, 6.45) is 0. The predicted molar refractivity (Wildman–Crippen MR) is 115 cm³/mol. The summed E-state index contributed by atoms with van der Waals surface area (Å²) in [4.78, 5) is 10.6. The summed E-state index contributed by atoms with van der Waals surface area (Å²) in [5.74, 6) is 0. The Kier molecular flexibility index (Phi) is 6.56. The van der Waals surface area contributed by atoms with Crippen LogP contribution in [0.2, 0.25) is 5.02 Å². The van der Waals surface area contributed by atoms with Gasteiger partial charge in [0.05, 0.1) is 22.5 Å². The second-order valence-electron chi connectivity index (χ2n) is 6.34. The quantitative estimate of drug-likeness (QED) is 0.351. The number of anilines is 2. The molecule has 1 atom stereocenters. The Balaban J connectivity index is 1.91. The second kappa shape index (κ2) is 9.12. The molecule has 0 radical (unpaired) electrons. The van der Waals surface area contributed by atoms with Gasteiger partial charge in [-0.25, -0.2) is 8.42 Å². The lowest BCUT2D eigenvalue weighted by Crippen LogP contribution is -2.17. The van der Waals surface area contributed by atoms with E-state index in [1.54, 1.807) is 54.6 Å². The Morgan fingerprint density at radius 1 is 1.03 bits per heavy atom. The van der Waals surface area contributed by atoms with Crippen LogP contribution in [-0.2, 0) is 10.0 Å². The summed E-state index contributed by atoms with van der Waals surface area (Å²) in [5.41, 5.74) is 0.648. The van der Waals surface area contributed by atoms with Crippen LogP contribution in [0.4, 0.5) is 17.1 Å². The van der Waals surface area contributed by atoms with Crippen molar-refractivity contribution in [3.8, 4) is 0 Å². The third-order valence-corrected chi connectivity index (χ3v) is 5.92. The maximum Gasteiger partial charge on any atom is 0.293 e. The van der Waals surface area contributed by atoms with Crippen molar-refractivity contribution in [2.45, 2.75) is 10.9 Å². The van der Waals surface area contributed by atoms with E-state index in [0.29, 0.717) is 16.3 Å². The first kappa shape index (κ1) is 21.6. The van der Waals surface area contributed by atoms with Crippen molar-refractivity contribution < 1.29 is 18.4 Å². The smallest absolute Gasteiger partial charge is 0.293 e. The lowest BCUT2D eigenvalue weighted by molar-refractivity contribution is -0.384. The molecule has 8 nitrogen and oxygen atoms in total. The number of nitrogens with zero attached hydrogens (tertiary/aromatic N) is 1. The second-order valence-corrected chi connectivity index (χ2v) is 8.46. The molecule has 0 aromatic heterocycles. The van der Waals surface area contributed by atoms with Crippen LogP contribution < -0.4 is 10.0 Å². The molecule has 0 spiro atoms. The summed E-state index contributed by atoms with van der Waals surface area (Å²) >= 11 is 5.87. The Hall–Kier alpha value is -3.14. The van der Waals surface area contributed by atoms with Gasteiger partial charge in [0.2, 0.25) is 0 Å². The average molecular weight is 448 g/mol. The third-order valence-electron chi connectivity index (χ3n) is 4.29. The van der Waals surface area contributed by atoms with E-state index < -0.39 is 26.7 Å². The number of nitro benzene ring substituents is 1. The van der Waals surface area contributed by atoms with Crippen molar-refractivity contribution in [3.63, 3.8) is 0 Å². The van der Waals surface area contributed by atoms with Crippen LogP contribution >= 0.6 is 11.6 Å². The monoisotopic (exact) mass is 447 g/mol. The van der Waals surface area contributed by atoms with E-state index >= 15 is 0 Å². The fraction of sp³-hybridized carbons (Fsp3) is 0.100. The minimum Gasteiger partial charge on any atom is -0.394 e. The van der Waals surface area contributed by atoms with Gasteiger partial charge in [0.1, 0.15) is 5.69 Å². The van der Waals surface area contributed by atoms with Crippen LogP contribution in [0.25, 0.3) is 0 Å². The van der Waals surface area contributed by atoms with E-state index in [-0.39, 0.29) is 17.2 Å². The van der Waals surface area contributed by atoms with Gasteiger partial charge in [0.15, 0.2) is 0 Å². The molecule has 156 valence electrons. The zero-order valence-corrected chi connectivity index (χ0v) is 17.1. The Morgan fingerprint density at radius 2 is 1.70 bits per heavy atom. The lowest BCUT2D eigenvalue weighted by atomic mass is 10.1. The van der Waals surface area contributed by atoms with Gasteiger partial charge in [0, 0.05) is 16.8 Å². The van der Waals surface area contributed by atoms with Crippen molar-refractivity contribution >= 4 is 38.7 Å². The zero-order valence-electron chi connectivity index (χ0n) is 15.5. The standard InChI is InChI=1S/C20H18ClN3O5S/c21-15-8-6-14(7-9-15)19(13-25)22-18-11-10-17(12-20(18)24(26)27)30(28,29)23-16-4-2-1-3-5-16/h1-12,19,22-23,25H,13H2. The van der Waals surface area contributed by atoms with Crippen LogP contribution in [0.5, 0.6) is 0 Å². The van der Waals surface area contributed by atoms with Crippen LogP contribution in [0.3, 0.4) is 0 Å². The molecule has 10 heteroatoms. The largest absolute Gasteiger partial charge is 0.394 e. The van der Waals surface area contributed by atoms with Crippen molar-refractivity contribution in [1.29, 1.82) is 0 Å². The van der Waals surface area contributed by atoms with E-state index in [1.807, 2.05) is 0 Å². The number of sulfonamides is 1. The summed E-state index contributed by atoms with van der Waals surface area (Å²) < 4.78 is 27.6. The molecule has 0 aliphatic rings. The molecule has 0 heterocycles. The number of halogens is 1. The fourth-order valence-corrected chi connectivity index (χ4v) is 3.99. The first-order valence-electron chi connectivity index (χ1n) is 8.79. The van der Waals surface area contributed by atoms with Gasteiger partial charge in [-0.15, -0.1) is 0 Å². The average Bonchev–Trinajstić information content (AvgIpc) is 2.73. The lowest BCUT2D eigenvalue weighted by Gasteiger charge is -2.18. The molecule has 30 heavy (non-hydrogen) atoms. The number of hydrogen-bond donors (Lipinski definition) is 3. The molecular weight excluding hydrogens is 430 g/mol. The van der Waals surface area contributed by atoms with Crippen LogP contribution in [0.15, 0.2) is 77.7 Å². The molecule has 3 rings (SSSR count). The first-order chi connectivity index (χ1) is 14.3. The number of nitrogens with one attached hydrogen (secondary N) is 2. The Morgan fingerprint density at radius 3 is 2.30 bits per heavy atom. The summed E-state index contributed by atoms with van der Waals surface area (Å²) in [5, 5.41) is 24.7. The van der Waals surface area contributed by atoms with Crippen molar-refractivity contribution in [1.82, 2.24) is 0 Å². The Bertz CT molecular complexity index is 1140. The zero-order chi connectivity index (χ0) is 21.7. The van der Waals surface area contributed by atoms with Crippen molar-refractivity contribution in [2.75, 3.05) is 16.6 Å². The van der Waals surface area contributed by atoms with Gasteiger partial charge in [-0.1, -0.05) is 41.9 Å². The first-order valence-corrected chi connectivity index (χ1v) is 10.7. The SMILES string of the molecule is O=[N+]([O-])c1cc(S(=O)(=O)Nc2ccccc2)ccc1NC(CO)c1ccc(Cl)cc1. The molecule has 0 amide bonds. The maximum atomic E-state index is 12.6. The van der Waals surface area contributed by atoms with Crippen LogP contribution in [-0.4, -0.2) is 25.1 Å². The molecule has 0 aliphatic heterocycles. The highest BCUT2D eigenvalue weighted by Crippen LogP contribution is 2.31. The van der Waals surface area contributed by atoms with E-state index in [2.05, 4.69) is 10.0 Å². The highest BCUT2D eigenvalue weighted by molar-refractivity contribution is 7.92. The van der Waals surface area contributed by atoms with E-state index in [4.69, 9.17) is 11.6 Å². The van der Waals surface area contributed by atoms with Gasteiger partial charge in [0.25, 0.3) is 15.7 Å². The van der Waals surface area contributed by atoms with E-state index in [1.165, 1.54) is 12.1 Å². The van der Waals surface area contributed by atoms with Crippen molar-refractivity contribution in [2.24, 2.45) is 0 Å². The number of aliphatic hydroxyl groups is 1.